The van der Waals surface area contributed by atoms with Gasteiger partial charge in [-0.25, -0.2) is 28.8 Å². The summed E-state index contributed by atoms with van der Waals surface area (Å²) in [5.74, 6) is -6.01. The van der Waals surface area contributed by atoms with Crippen LogP contribution in [0.5, 0.6) is 5.75 Å². The molecule has 218 valence electrons. The molecular formula is C28H28O13. The molecule has 1 aliphatic rings. The molecule has 1 aromatic rings. The summed E-state index contributed by atoms with van der Waals surface area (Å²) in [5.41, 5.74) is -0.933. The Kier molecular flexibility index (Phi) is 11.6. The van der Waals surface area contributed by atoms with Gasteiger partial charge >= 0.3 is 35.8 Å². The minimum absolute atomic E-state index is 0.0179. The number of carboxylic acids is 2. The Morgan fingerprint density at radius 1 is 0.732 bits per heavy atom. The minimum atomic E-state index is -1.46. The van der Waals surface area contributed by atoms with Crippen molar-refractivity contribution in [3.63, 3.8) is 0 Å². The van der Waals surface area contributed by atoms with Crippen LogP contribution in [0.15, 0.2) is 65.5 Å². The van der Waals surface area contributed by atoms with Crippen LogP contribution in [-0.4, -0.2) is 72.5 Å². The lowest BCUT2D eigenvalue weighted by molar-refractivity contribution is -0.147. The smallest absolute Gasteiger partial charge is 0.339 e. The van der Waals surface area contributed by atoms with Gasteiger partial charge in [-0.05, 0) is 44.5 Å². The Labute approximate surface area is 234 Å². The first kappa shape index (κ1) is 32.0. The van der Waals surface area contributed by atoms with Crippen molar-refractivity contribution in [3.05, 3.63) is 76.6 Å². The number of rotatable bonds is 14. The number of allylic oxidation sites excluding steroid dienone is 1. The van der Waals surface area contributed by atoms with Gasteiger partial charge in [-0.1, -0.05) is 13.2 Å². The van der Waals surface area contributed by atoms with E-state index in [-0.39, 0.29) is 78.6 Å². The maximum absolute atomic E-state index is 12.4. The highest BCUT2D eigenvalue weighted by atomic mass is 16.6. The summed E-state index contributed by atoms with van der Waals surface area (Å²) in [6.07, 6.45) is 1.11. The molecule has 0 radical (unpaired) electrons. The van der Waals surface area contributed by atoms with Crippen molar-refractivity contribution in [2.45, 2.75) is 26.7 Å². The third kappa shape index (κ3) is 9.49. The molecule has 1 aliphatic carbocycles. The molecule has 2 rings (SSSR count). The quantitative estimate of drug-likeness (QED) is 0.143. The summed E-state index contributed by atoms with van der Waals surface area (Å²) >= 11 is 0. The van der Waals surface area contributed by atoms with Gasteiger partial charge in [0.15, 0.2) is 0 Å². The molecule has 41 heavy (non-hydrogen) atoms. The van der Waals surface area contributed by atoms with Gasteiger partial charge in [-0.3, -0.25) is 0 Å². The molecule has 0 aromatic heterocycles. The second kappa shape index (κ2) is 14.8. The summed E-state index contributed by atoms with van der Waals surface area (Å²) in [6.45, 7) is 8.61. The molecule has 0 spiro atoms. The lowest BCUT2D eigenvalue weighted by Gasteiger charge is -2.18. The van der Waals surface area contributed by atoms with Gasteiger partial charge in [0.25, 0.3) is 0 Å². The Bertz CT molecular complexity index is 1350. The van der Waals surface area contributed by atoms with Crippen molar-refractivity contribution in [1.29, 1.82) is 0 Å². The number of carboxylic acid groups (broad SMARTS) is 2. The van der Waals surface area contributed by atoms with Crippen molar-refractivity contribution in [3.8, 4) is 5.75 Å². The van der Waals surface area contributed by atoms with Crippen molar-refractivity contribution in [2.24, 2.45) is 0 Å². The van der Waals surface area contributed by atoms with E-state index in [1.54, 1.807) is 0 Å². The van der Waals surface area contributed by atoms with Gasteiger partial charge in [0.2, 0.25) is 0 Å². The molecule has 0 bridgehead atoms. The van der Waals surface area contributed by atoms with Crippen LogP contribution in [0.4, 0.5) is 0 Å². The maximum Gasteiger partial charge on any atom is 0.339 e. The van der Waals surface area contributed by atoms with Gasteiger partial charge in [-0.2, -0.15) is 0 Å². The molecule has 0 fully saturated rings. The van der Waals surface area contributed by atoms with Crippen molar-refractivity contribution < 1.29 is 62.7 Å². The average Bonchev–Trinajstić information content (AvgIpc) is 2.92. The standard InChI is InChI=1S/C28H28O13/c1-15(2)25(33)37-9-11-39-27(35)19-7-5-17(13-21(19)23(29)30)41-18-6-8-20(22(14-18)24(31)32)28(36)40-12-10-38-26(34)16(3)4/h5,7,13-14H,1,3,6,8-12H2,2,4H3,(H,29,30)(H,31,32). The number of carbonyl (C=O) groups is 6. The topological polar surface area (TPSA) is 189 Å². The molecule has 0 atom stereocenters. The molecule has 0 unspecified atom stereocenters. The lowest BCUT2D eigenvalue weighted by Crippen LogP contribution is -2.20. The van der Waals surface area contributed by atoms with E-state index in [0.29, 0.717) is 0 Å². The van der Waals surface area contributed by atoms with E-state index in [1.807, 2.05) is 0 Å². The normalized spacial score (nSPS) is 12.4. The maximum atomic E-state index is 12.4. The second-order valence-corrected chi connectivity index (χ2v) is 8.53. The number of aliphatic carboxylic acids is 1. The SMILES string of the molecule is C=C(C)C(=O)OCCOC(=O)C1=C(C(=O)O)C=C(Oc2ccc(C(=O)OCCOC(=O)C(=C)C)c(C(=O)O)c2)CC1. The Morgan fingerprint density at radius 2 is 1.27 bits per heavy atom. The Morgan fingerprint density at radius 3 is 1.78 bits per heavy atom. The molecule has 0 saturated carbocycles. The lowest BCUT2D eigenvalue weighted by atomic mass is 9.96. The molecule has 13 nitrogen and oxygen atoms in total. The van der Waals surface area contributed by atoms with Crippen LogP contribution >= 0.6 is 0 Å². The van der Waals surface area contributed by atoms with Crippen LogP contribution in [-0.2, 0) is 38.1 Å². The van der Waals surface area contributed by atoms with Gasteiger partial charge in [0, 0.05) is 17.6 Å². The summed E-state index contributed by atoms with van der Waals surface area (Å²) in [6, 6.07) is 3.49. The monoisotopic (exact) mass is 572 g/mol. The molecule has 2 N–H and O–H groups in total. The van der Waals surface area contributed by atoms with Gasteiger partial charge in [0.05, 0.1) is 22.3 Å². The first-order chi connectivity index (χ1) is 19.3. The summed E-state index contributed by atoms with van der Waals surface area (Å²) in [5, 5.41) is 19.2. The molecular weight excluding hydrogens is 544 g/mol. The van der Waals surface area contributed by atoms with Crippen molar-refractivity contribution >= 4 is 35.8 Å². The highest BCUT2D eigenvalue weighted by Crippen LogP contribution is 2.29. The van der Waals surface area contributed by atoms with E-state index in [2.05, 4.69) is 13.2 Å². The molecule has 0 saturated heterocycles. The Balaban J connectivity index is 2.11. The van der Waals surface area contributed by atoms with E-state index in [1.165, 1.54) is 19.9 Å². The highest BCUT2D eigenvalue weighted by Gasteiger charge is 2.26. The highest BCUT2D eigenvalue weighted by molar-refractivity contribution is 6.03. The van der Waals surface area contributed by atoms with E-state index >= 15 is 0 Å². The van der Waals surface area contributed by atoms with Crippen LogP contribution in [0.25, 0.3) is 0 Å². The van der Waals surface area contributed by atoms with Gasteiger partial charge < -0.3 is 33.9 Å². The summed E-state index contributed by atoms with van der Waals surface area (Å²) in [7, 11) is 0. The summed E-state index contributed by atoms with van der Waals surface area (Å²) < 4.78 is 25.2. The zero-order valence-electron chi connectivity index (χ0n) is 22.4. The van der Waals surface area contributed by atoms with Crippen molar-refractivity contribution in [2.75, 3.05) is 26.4 Å². The number of hydrogen-bond acceptors (Lipinski definition) is 11. The fourth-order valence-corrected chi connectivity index (χ4v) is 3.23. The third-order valence-corrected chi connectivity index (χ3v) is 5.22. The van der Waals surface area contributed by atoms with Crippen molar-refractivity contribution in [1.82, 2.24) is 0 Å². The van der Waals surface area contributed by atoms with Crippen LogP contribution < -0.4 is 4.74 Å². The number of hydrogen-bond donors (Lipinski definition) is 2. The average molecular weight is 573 g/mol. The number of benzene rings is 1. The summed E-state index contributed by atoms with van der Waals surface area (Å²) in [4.78, 5) is 71.1. The largest absolute Gasteiger partial charge is 0.478 e. The fourth-order valence-electron chi connectivity index (χ4n) is 3.23. The fraction of sp³-hybridized carbons (Fsp3) is 0.286. The molecule has 13 heteroatoms. The predicted octanol–water partition coefficient (Wildman–Crippen LogP) is 2.76. The molecule has 0 aliphatic heterocycles. The molecule has 0 amide bonds. The van der Waals surface area contributed by atoms with Crippen LogP contribution in [0, 0.1) is 0 Å². The van der Waals surface area contributed by atoms with E-state index in [4.69, 9.17) is 23.7 Å². The zero-order chi connectivity index (χ0) is 30.7. The number of aromatic carboxylic acids is 1. The van der Waals surface area contributed by atoms with Crippen LogP contribution in [0.1, 0.15) is 47.4 Å². The van der Waals surface area contributed by atoms with Gasteiger partial charge in [0.1, 0.15) is 37.9 Å². The number of ether oxygens (including phenoxy) is 5. The predicted molar refractivity (Wildman–Crippen MR) is 139 cm³/mol. The third-order valence-electron chi connectivity index (χ3n) is 5.22. The first-order valence-corrected chi connectivity index (χ1v) is 12.0. The number of carbonyl (C=O) groups excluding carboxylic acids is 4. The number of esters is 4. The first-order valence-electron chi connectivity index (χ1n) is 12.0. The molecule has 0 heterocycles. The minimum Gasteiger partial charge on any atom is -0.478 e. The van der Waals surface area contributed by atoms with Crippen LogP contribution in [0.3, 0.4) is 0 Å². The Hall–Kier alpha value is -5.20. The van der Waals surface area contributed by atoms with Gasteiger partial charge in [-0.15, -0.1) is 0 Å². The second-order valence-electron chi connectivity index (χ2n) is 8.53. The van der Waals surface area contributed by atoms with E-state index < -0.39 is 41.4 Å². The molecule has 1 aromatic carbocycles. The van der Waals surface area contributed by atoms with E-state index in [0.717, 1.165) is 18.2 Å². The van der Waals surface area contributed by atoms with Crippen LogP contribution in [0.2, 0.25) is 0 Å². The van der Waals surface area contributed by atoms with E-state index in [9.17, 15) is 39.0 Å². The zero-order valence-corrected chi connectivity index (χ0v) is 22.4.